The predicted octanol–water partition coefficient (Wildman–Crippen LogP) is 4.20. The molecule has 1 N–H and O–H groups in total. The van der Waals surface area contributed by atoms with E-state index < -0.39 is 0 Å². The van der Waals surface area contributed by atoms with Crippen LogP contribution >= 0.6 is 11.3 Å². The molecule has 0 spiro atoms. The number of aromatic nitrogens is 4. The molecule has 0 radical (unpaired) electrons. The summed E-state index contributed by atoms with van der Waals surface area (Å²) in [7, 11) is 0. The Morgan fingerprint density at radius 3 is 2.65 bits per heavy atom. The molecule has 5 nitrogen and oxygen atoms in total. The van der Waals surface area contributed by atoms with Gasteiger partial charge in [-0.2, -0.15) is 5.10 Å². The molecule has 3 heterocycles. The monoisotopic (exact) mass is 428 g/mol. The number of fused-ring (bicyclic) bond motifs is 1. The van der Waals surface area contributed by atoms with Crippen LogP contribution in [0.1, 0.15) is 22.5 Å². The molecule has 0 unspecified atom stereocenters. The number of aromatic amines is 1. The Hall–Kier alpha value is -3.84. The van der Waals surface area contributed by atoms with Crippen molar-refractivity contribution in [2.75, 3.05) is 0 Å². The van der Waals surface area contributed by atoms with Crippen LogP contribution in [0.4, 0.5) is 4.39 Å². The normalized spacial score (nSPS) is 12.3. The zero-order chi connectivity index (χ0) is 21.5. The molecule has 0 aliphatic heterocycles. The summed E-state index contributed by atoms with van der Waals surface area (Å²) in [5.74, 6) is -0.280. The molecule has 7 heteroatoms. The second kappa shape index (κ2) is 7.45. The van der Waals surface area contributed by atoms with Gasteiger partial charge in [0.2, 0.25) is 0 Å². The first kappa shape index (κ1) is 19.1. The quantitative estimate of drug-likeness (QED) is 0.467. The summed E-state index contributed by atoms with van der Waals surface area (Å²) in [5, 5.41) is 6.91. The number of rotatable bonds is 4. The molecule has 2 aromatic carbocycles. The molecule has 5 aromatic rings. The van der Waals surface area contributed by atoms with E-state index in [0.29, 0.717) is 15.2 Å². The van der Waals surface area contributed by atoms with Crippen LogP contribution in [0.25, 0.3) is 27.7 Å². The minimum atomic E-state index is -0.280. The number of nitrogens with zero attached hydrogens (tertiary/aromatic N) is 3. The van der Waals surface area contributed by atoms with E-state index >= 15 is 0 Å². The number of benzene rings is 2. The Balaban J connectivity index is 1.80. The standard InChI is InChI=1S/C24H17FN4OS/c1-3-20-14(2)29-23(30)22(31-24(29)28-20)21(18-12-26-27-13-18)17-6-4-5-16(11-17)15-7-9-19(25)10-8-15/h3-13H,1H2,2H3,(H,26,27). The van der Waals surface area contributed by atoms with E-state index in [1.165, 1.54) is 23.5 Å². The molecule has 0 atom stereocenters. The topological polar surface area (TPSA) is 63.0 Å². The van der Waals surface area contributed by atoms with Crippen molar-refractivity contribution < 1.29 is 4.39 Å². The third-order valence-electron chi connectivity index (χ3n) is 5.24. The van der Waals surface area contributed by atoms with Crippen molar-refractivity contribution in [1.82, 2.24) is 19.6 Å². The maximum atomic E-state index is 13.4. The maximum Gasteiger partial charge on any atom is 0.275 e. The molecular formula is C24H17FN4OS. The van der Waals surface area contributed by atoms with Gasteiger partial charge >= 0.3 is 0 Å². The Kier molecular flexibility index (Phi) is 4.60. The van der Waals surface area contributed by atoms with Crippen molar-refractivity contribution in [3.05, 3.63) is 111 Å². The average molecular weight is 428 g/mol. The van der Waals surface area contributed by atoms with E-state index in [9.17, 15) is 9.18 Å². The lowest BCUT2D eigenvalue weighted by atomic mass is 9.96. The number of thiazole rings is 1. The summed E-state index contributed by atoms with van der Waals surface area (Å²) in [6, 6.07) is 14.2. The highest BCUT2D eigenvalue weighted by Crippen LogP contribution is 2.27. The first-order valence-corrected chi connectivity index (χ1v) is 10.4. The molecule has 152 valence electrons. The maximum absolute atomic E-state index is 13.4. The van der Waals surface area contributed by atoms with Gasteiger partial charge in [-0.15, -0.1) is 0 Å². The molecule has 0 bridgehead atoms. The van der Waals surface area contributed by atoms with E-state index in [0.717, 1.165) is 33.5 Å². The zero-order valence-corrected chi connectivity index (χ0v) is 17.4. The summed E-state index contributed by atoms with van der Waals surface area (Å²) in [6.07, 6.45) is 5.12. The minimum Gasteiger partial charge on any atom is -0.285 e. The van der Waals surface area contributed by atoms with Crippen LogP contribution in [-0.2, 0) is 0 Å². The first-order valence-electron chi connectivity index (χ1n) is 9.61. The van der Waals surface area contributed by atoms with E-state index in [4.69, 9.17) is 0 Å². The predicted molar refractivity (Wildman–Crippen MR) is 121 cm³/mol. The largest absolute Gasteiger partial charge is 0.285 e. The fourth-order valence-corrected chi connectivity index (χ4v) is 4.85. The summed E-state index contributed by atoms with van der Waals surface area (Å²) in [6.45, 7) is 5.63. The van der Waals surface area contributed by atoms with Gasteiger partial charge in [0.15, 0.2) is 4.96 Å². The highest BCUT2D eigenvalue weighted by Gasteiger charge is 2.17. The van der Waals surface area contributed by atoms with Crippen molar-refractivity contribution >= 4 is 27.9 Å². The van der Waals surface area contributed by atoms with Crippen molar-refractivity contribution in [2.45, 2.75) is 6.92 Å². The first-order chi connectivity index (χ1) is 15.1. The van der Waals surface area contributed by atoms with Gasteiger partial charge in [-0.25, -0.2) is 9.37 Å². The Bertz CT molecular complexity index is 1530. The second-order valence-corrected chi connectivity index (χ2v) is 8.07. The zero-order valence-electron chi connectivity index (χ0n) is 16.6. The van der Waals surface area contributed by atoms with Gasteiger partial charge in [-0.3, -0.25) is 14.3 Å². The average Bonchev–Trinajstić information content (AvgIpc) is 3.49. The molecule has 5 rings (SSSR count). The number of aryl methyl sites for hydroxylation is 1. The molecular weight excluding hydrogens is 411 g/mol. The van der Waals surface area contributed by atoms with Crippen molar-refractivity contribution in [3.8, 4) is 11.1 Å². The fourth-order valence-electron chi connectivity index (χ4n) is 3.70. The van der Waals surface area contributed by atoms with Gasteiger partial charge in [-0.1, -0.05) is 48.2 Å². The lowest BCUT2D eigenvalue weighted by Gasteiger charge is -2.08. The van der Waals surface area contributed by atoms with Gasteiger partial charge in [-0.05, 0) is 47.9 Å². The molecule has 0 aliphatic rings. The lowest BCUT2D eigenvalue weighted by Crippen LogP contribution is -2.26. The number of H-pyrrole nitrogens is 1. The molecule has 3 aromatic heterocycles. The second-order valence-electron chi connectivity index (χ2n) is 7.09. The fraction of sp³-hybridized carbons (Fsp3) is 0.0417. The smallest absolute Gasteiger partial charge is 0.275 e. The number of nitrogens with one attached hydrogen (secondary N) is 1. The molecule has 0 amide bonds. The van der Waals surface area contributed by atoms with E-state index in [1.807, 2.05) is 31.2 Å². The van der Waals surface area contributed by atoms with Crippen LogP contribution in [-0.4, -0.2) is 19.6 Å². The highest BCUT2D eigenvalue weighted by atomic mass is 32.1. The van der Waals surface area contributed by atoms with Crippen LogP contribution in [0.15, 0.2) is 72.3 Å². The number of halogens is 1. The van der Waals surface area contributed by atoms with Crippen molar-refractivity contribution in [1.29, 1.82) is 0 Å². The molecule has 31 heavy (non-hydrogen) atoms. The number of hydrogen-bond acceptors (Lipinski definition) is 4. The molecule has 0 saturated carbocycles. The summed E-state index contributed by atoms with van der Waals surface area (Å²) >= 11 is 1.34. The SMILES string of the molecule is C=Cc1nc2sc(=C(c3cn[nH]c3)c3cccc(-c4ccc(F)cc4)c3)c(=O)n2c1C. The summed E-state index contributed by atoms with van der Waals surface area (Å²) in [5.41, 5.74) is 5.62. The van der Waals surface area contributed by atoms with E-state index in [-0.39, 0.29) is 11.4 Å². The van der Waals surface area contributed by atoms with Crippen LogP contribution in [0, 0.1) is 12.7 Å². The molecule has 0 aliphatic carbocycles. The highest BCUT2D eigenvalue weighted by molar-refractivity contribution is 7.15. The van der Waals surface area contributed by atoms with E-state index in [2.05, 4.69) is 21.8 Å². The van der Waals surface area contributed by atoms with Gasteiger partial charge < -0.3 is 0 Å². The van der Waals surface area contributed by atoms with Crippen LogP contribution in [0.5, 0.6) is 0 Å². The number of imidazole rings is 1. The third-order valence-corrected chi connectivity index (χ3v) is 6.28. The molecule has 0 saturated heterocycles. The van der Waals surface area contributed by atoms with Gasteiger partial charge in [0.05, 0.1) is 17.6 Å². The van der Waals surface area contributed by atoms with Crippen LogP contribution in [0.2, 0.25) is 0 Å². The Morgan fingerprint density at radius 2 is 1.97 bits per heavy atom. The third kappa shape index (κ3) is 3.19. The van der Waals surface area contributed by atoms with Crippen molar-refractivity contribution in [3.63, 3.8) is 0 Å². The van der Waals surface area contributed by atoms with Crippen LogP contribution < -0.4 is 10.1 Å². The summed E-state index contributed by atoms with van der Waals surface area (Å²) in [4.78, 5) is 18.5. The number of hydrogen-bond donors (Lipinski definition) is 1. The van der Waals surface area contributed by atoms with E-state index in [1.54, 1.807) is 35.0 Å². The van der Waals surface area contributed by atoms with Gasteiger partial charge in [0, 0.05) is 17.3 Å². The minimum absolute atomic E-state index is 0.124. The Morgan fingerprint density at radius 1 is 1.16 bits per heavy atom. The van der Waals surface area contributed by atoms with Crippen molar-refractivity contribution in [2.24, 2.45) is 0 Å². The Labute approximate surface area is 180 Å². The summed E-state index contributed by atoms with van der Waals surface area (Å²) < 4.78 is 15.6. The molecule has 0 fully saturated rings. The van der Waals surface area contributed by atoms with Gasteiger partial charge in [0.25, 0.3) is 5.56 Å². The van der Waals surface area contributed by atoms with Gasteiger partial charge in [0.1, 0.15) is 10.3 Å². The lowest BCUT2D eigenvalue weighted by molar-refractivity contribution is 0.628. The van der Waals surface area contributed by atoms with Crippen LogP contribution in [0.3, 0.4) is 0 Å².